The number of ether oxygens (including phenoxy) is 2. The second-order valence-electron chi connectivity index (χ2n) is 6.13. The van der Waals surface area contributed by atoms with E-state index in [2.05, 4.69) is 5.32 Å². The number of amides is 1. The van der Waals surface area contributed by atoms with E-state index >= 15 is 0 Å². The van der Waals surface area contributed by atoms with Gasteiger partial charge in [0.25, 0.3) is 5.91 Å². The van der Waals surface area contributed by atoms with Gasteiger partial charge in [-0.3, -0.25) is 14.9 Å². The van der Waals surface area contributed by atoms with Gasteiger partial charge in [-0.05, 0) is 61.1 Å². The van der Waals surface area contributed by atoms with Crippen LogP contribution in [0.5, 0.6) is 11.5 Å². The molecule has 0 saturated carbocycles. The van der Waals surface area contributed by atoms with Crippen molar-refractivity contribution in [3.8, 4) is 11.5 Å². The maximum atomic E-state index is 12.6. The molecule has 1 aliphatic carbocycles. The van der Waals surface area contributed by atoms with E-state index in [1.54, 1.807) is 7.11 Å². The molecule has 1 aliphatic rings. The third-order valence-electron chi connectivity index (χ3n) is 4.55. The highest BCUT2D eigenvalue weighted by atomic mass is 16.6. The third kappa shape index (κ3) is 3.46. The molecular formula is C19H20N2O5. The SMILES string of the molecule is COc1cc2c(cc1NC(=O)c1ccc(OC)c([N+](=O)[O-])c1)CCCC2. The number of carbonyl (C=O) groups is 1. The van der Waals surface area contributed by atoms with Crippen LogP contribution in [-0.2, 0) is 12.8 Å². The van der Waals surface area contributed by atoms with Crippen LogP contribution in [0.4, 0.5) is 11.4 Å². The van der Waals surface area contributed by atoms with Gasteiger partial charge < -0.3 is 14.8 Å². The number of nitrogens with zero attached hydrogens (tertiary/aromatic N) is 1. The fourth-order valence-corrected chi connectivity index (χ4v) is 3.20. The molecule has 0 unspecified atom stereocenters. The topological polar surface area (TPSA) is 90.7 Å². The number of carbonyl (C=O) groups excluding carboxylic acids is 1. The van der Waals surface area contributed by atoms with Gasteiger partial charge in [-0.1, -0.05) is 0 Å². The lowest BCUT2D eigenvalue weighted by Gasteiger charge is -2.19. The molecule has 7 nitrogen and oxygen atoms in total. The van der Waals surface area contributed by atoms with Crippen molar-refractivity contribution < 1.29 is 19.2 Å². The molecule has 7 heteroatoms. The smallest absolute Gasteiger partial charge is 0.311 e. The molecule has 136 valence electrons. The average molecular weight is 356 g/mol. The van der Waals surface area contributed by atoms with E-state index in [4.69, 9.17) is 9.47 Å². The van der Waals surface area contributed by atoms with Crippen LogP contribution in [-0.4, -0.2) is 25.1 Å². The predicted octanol–water partition coefficient (Wildman–Crippen LogP) is 3.74. The molecule has 0 heterocycles. The number of fused-ring (bicyclic) bond motifs is 1. The van der Waals surface area contributed by atoms with E-state index in [0.29, 0.717) is 11.4 Å². The van der Waals surface area contributed by atoms with E-state index in [-0.39, 0.29) is 17.0 Å². The van der Waals surface area contributed by atoms with Crippen LogP contribution in [0.3, 0.4) is 0 Å². The Labute approximate surface area is 151 Å². The minimum Gasteiger partial charge on any atom is -0.495 e. The standard InChI is InChI=1S/C19H20N2O5/c1-25-17-8-7-14(10-16(17)21(23)24)19(22)20-15-9-12-5-3-4-6-13(12)11-18(15)26-2/h7-11H,3-6H2,1-2H3,(H,20,22). The summed E-state index contributed by atoms with van der Waals surface area (Å²) in [6.45, 7) is 0. The number of nitrogens with one attached hydrogen (secondary N) is 1. The van der Waals surface area contributed by atoms with Crippen LogP contribution < -0.4 is 14.8 Å². The van der Waals surface area contributed by atoms with E-state index in [9.17, 15) is 14.9 Å². The average Bonchev–Trinajstić information content (AvgIpc) is 2.66. The van der Waals surface area contributed by atoms with E-state index < -0.39 is 10.8 Å². The number of rotatable bonds is 5. The summed E-state index contributed by atoms with van der Waals surface area (Å²) < 4.78 is 10.4. The summed E-state index contributed by atoms with van der Waals surface area (Å²) in [4.78, 5) is 23.2. The van der Waals surface area contributed by atoms with Gasteiger partial charge in [-0.2, -0.15) is 0 Å². The molecule has 3 rings (SSSR count). The molecule has 1 amide bonds. The van der Waals surface area contributed by atoms with Gasteiger partial charge in [0.15, 0.2) is 5.75 Å². The van der Waals surface area contributed by atoms with Crippen LogP contribution in [0.1, 0.15) is 34.3 Å². The summed E-state index contributed by atoms with van der Waals surface area (Å²) in [5, 5.41) is 14.0. The van der Waals surface area contributed by atoms with Gasteiger partial charge >= 0.3 is 5.69 Å². The number of methoxy groups -OCH3 is 2. The van der Waals surface area contributed by atoms with E-state index in [1.807, 2.05) is 12.1 Å². The van der Waals surface area contributed by atoms with Crippen LogP contribution in [0.15, 0.2) is 30.3 Å². The number of hydrogen-bond donors (Lipinski definition) is 1. The summed E-state index contributed by atoms with van der Waals surface area (Å²) in [7, 11) is 2.90. The number of nitro benzene ring substituents is 1. The second-order valence-corrected chi connectivity index (χ2v) is 6.13. The fourth-order valence-electron chi connectivity index (χ4n) is 3.20. The van der Waals surface area contributed by atoms with Crippen molar-refractivity contribution in [3.05, 3.63) is 57.1 Å². The first-order valence-corrected chi connectivity index (χ1v) is 8.37. The van der Waals surface area contributed by atoms with Gasteiger partial charge in [-0.15, -0.1) is 0 Å². The monoisotopic (exact) mass is 356 g/mol. The molecule has 0 aromatic heterocycles. The zero-order valence-electron chi connectivity index (χ0n) is 14.7. The molecule has 0 radical (unpaired) electrons. The zero-order chi connectivity index (χ0) is 18.7. The van der Waals surface area contributed by atoms with Crippen molar-refractivity contribution in [2.24, 2.45) is 0 Å². The molecule has 2 aromatic rings. The molecule has 0 bridgehead atoms. The first kappa shape index (κ1) is 17.7. The Morgan fingerprint density at radius 3 is 2.31 bits per heavy atom. The van der Waals surface area contributed by atoms with E-state index in [1.165, 1.54) is 36.4 Å². The molecule has 0 atom stereocenters. The minimum absolute atomic E-state index is 0.109. The molecule has 26 heavy (non-hydrogen) atoms. The number of anilines is 1. The summed E-state index contributed by atoms with van der Waals surface area (Å²) in [6.07, 6.45) is 4.25. The van der Waals surface area contributed by atoms with Crippen molar-refractivity contribution in [2.45, 2.75) is 25.7 Å². The quantitative estimate of drug-likeness (QED) is 0.651. The highest BCUT2D eigenvalue weighted by Gasteiger charge is 2.20. The van der Waals surface area contributed by atoms with Crippen molar-refractivity contribution in [1.29, 1.82) is 0 Å². The Bertz CT molecular complexity index is 863. The summed E-state index contributed by atoms with van der Waals surface area (Å²) in [5.74, 6) is 0.254. The first-order valence-electron chi connectivity index (χ1n) is 8.37. The maximum absolute atomic E-state index is 12.6. The number of benzene rings is 2. The Kier molecular flexibility index (Phi) is 5.06. The molecule has 0 spiro atoms. The third-order valence-corrected chi connectivity index (χ3v) is 4.55. The van der Waals surface area contributed by atoms with Crippen LogP contribution in [0.2, 0.25) is 0 Å². The number of aryl methyl sites for hydroxylation is 2. The minimum atomic E-state index is -0.574. The normalized spacial score (nSPS) is 12.8. The van der Waals surface area contributed by atoms with Gasteiger partial charge in [-0.25, -0.2) is 0 Å². The van der Waals surface area contributed by atoms with Gasteiger partial charge in [0.2, 0.25) is 0 Å². The Morgan fingerprint density at radius 2 is 1.69 bits per heavy atom. The van der Waals surface area contributed by atoms with Crippen molar-refractivity contribution in [1.82, 2.24) is 0 Å². The Hall–Kier alpha value is -3.09. The lowest BCUT2D eigenvalue weighted by atomic mass is 9.91. The molecule has 0 saturated heterocycles. The molecule has 1 N–H and O–H groups in total. The van der Waals surface area contributed by atoms with Crippen LogP contribution in [0, 0.1) is 10.1 Å². The van der Waals surface area contributed by atoms with Crippen molar-refractivity contribution in [2.75, 3.05) is 19.5 Å². The Morgan fingerprint density at radius 1 is 1.04 bits per heavy atom. The van der Waals surface area contributed by atoms with Gasteiger partial charge in [0, 0.05) is 11.6 Å². The summed E-state index contributed by atoms with van der Waals surface area (Å²) >= 11 is 0. The molecule has 2 aromatic carbocycles. The lowest BCUT2D eigenvalue weighted by molar-refractivity contribution is -0.385. The lowest BCUT2D eigenvalue weighted by Crippen LogP contribution is -2.14. The number of hydrogen-bond acceptors (Lipinski definition) is 5. The van der Waals surface area contributed by atoms with Crippen molar-refractivity contribution in [3.63, 3.8) is 0 Å². The maximum Gasteiger partial charge on any atom is 0.311 e. The highest BCUT2D eigenvalue weighted by Crippen LogP contribution is 2.33. The van der Waals surface area contributed by atoms with Gasteiger partial charge in [0.05, 0.1) is 24.8 Å². The molecule has 0 fully saturated rings. The zero-order valence-corrected chi connectivity index (χ0v) is 14.7. The highest BCUT2D eigenvalue weighted by molar-refractivity contribution is 6.05. The predicted molar refractivity (Wildman–Crippen MR) is 97.2 cm³/mol. The molecule has 0 aliphatic heterocycles. The molecular weight excluding hydrogens is 336 g/mol. The van der Waals surface area contributed by atoms with Crippen molar-refractivity contribution >= 4 is 17.3 Å². The van der Waals surface area contributed by atoms with Crippen LogP contribution in [0.25, 0.3) is 0 Å². The number of nitro groups is 1. The fraction of sp³-hybridized carbons (Fsp3) is 0.316. The van der Waals surface area contributed by atoms with Gasteiger partial charge in [0.1, 0.15) is 5.75 Å². The van der Waals surface area contributed by atoms with E-state index in [0.717, 1.165) is 25.7 Å². The second kappa shape index (κ2) is 7.43. The summed E-state index contributed by atoms with van der Waals surface area (Å²) in [6, 6.07) is 8.01. The first-order chi connectivity index (χ1) is 12.5. The summed E-state index contributed by atoms with van der Waals surface area (Å²) in [5.41, 5.74) is 2.94. The van der Waals surface area contributed by atoms with Crippen LogP contribution >= 0.6 is 0 Å². The largest absolute Gasteiger partial charge is 0.495 e. The Balaban J connectivity index is 1.90.